The molecule has 2 aromatic carbocycles. The van der Waals surface area contributed by atoms with Crippen LogP contribution in [0.1, 0.15) is 29.6 Å². The van der Waals surface area contributed by atoms with Crippen LogP contribution in [-0.2, 0) is 20.0 Å². The summed E-state index contributed by atoms with van der Waals surface area (Å²) in [5.41, 5.74) is 9.94. The monoisotopic (exact) mass is 490 g/mol. The van der Waals surface area contributed by atoms with Crippen molar-refractivity contribution in [2.75, 3.05) is 0 Å². The van der Waals surface area contributed by atoms with E-state index in [1.807, 2.05) is 32.3 Å². The van der Waals surface area contributed by atoms with Crippen molar-refractivity contribution < 1.29 is 0 Å². The van der Waals surface area contributed by atoms with Crippen LogP contribution in [0.5, 0.6) is 0 Å². The van der Waals surface area contributed by atoms with Crippen LogP contribution in [0, 0.1) is 13.8 Å². The second kappa shape index (κ2) is 9.05. The van der Waals surface area contributed by atoms with E-state index < -0.39 is 0 Å². The average molecular weight is 491 g/mol. The molecule has 0 atom stereocenters. The van der Waals surface area contributed by atoms with Crippen molar-refractivity contribution in [3.05, 3.63) is 77.4 Å². The van der Waals surface area contributed by atoms with Crippen molar-refractivity contribution in [1.82, 2.24) is 50.2 Å². The highest BCUT2D eigenvalue weighted by Gasteiger charge is 2.16. The summed E-state index contributed by atoms with van der Waals surface area (Å²) in [6.45, 7) is 6.96. The van der Waals surface area contributed by atoms with Gasteiger partial charge in [-0.1, -0.05) is 42.5 Å². The van der Waals surface area contributed by atoms with Gasteiger partial charge in [0, 0.05) is 30.3 Å². The molecule has 0 unspecified atom stereocenters. The van der Waals surface area contributed by atoms with Gasteiger partial charge in [0.15, 0.2) is 5.65 Å². The highest BCUT2D eigenvalue weighted by molar-refractivity contribution is 5.84. The third-order valence-electron chi connectivity index (χ3n) is 6.53. The molecule has 0 amide bonds. The predicted octanol–water partition coefficient (Wildman–Crippen LogP) is 4.30. The predicted molar refractivity (Wildman–Crippen MR) is 141 cm³/mol. The molecular formula is C27H26N10. The summed E-state index contributed by atoms with van der Waals surface area (Å²) in [6.07, 6.45) is 2.74. The first kappa shape index (κ1) is 22.7. The maximum absolute atomic E-state index is 4.88. The van der Waals surface area contributed by atoms with Gasteiger partial charge in [-0.2, -0.15) is 5.21 Å². The van der Waals surface area contributed by atoms with E-state index in [1.165, 1.54) is 5.56 Å². The van der Waals surface area contributed by atoms with Crippen LogP contribution in [0.15, 0.2) is 54.7 Å². The van der Waals surface area contributed by atoms with Gasteiger partial charge in [0.05, 0.1) is 12.7 Å². The third-order valence-corrected chi connectivity index (χ3v) is 6.53. The molecule has 1 N–H and O–H groups in total. The van der Waals surface area contributed by atoms with Gasteiger partial charge in [0.25, 0.3) is 0 Å². The number of nitrogens with one attached hydrogen (secondary N) is 1. The number of benzene rings is 2. The van der Waals surface area contributed by atoms with Crippen LogP contribution >= 0.6 is 0 Å². The number of nitrogens with zero attached hydrogens (tertiary/aromatic N) is 9. The van der Waals surface area contributed by atoms with Crippen LogP contribution in [0.2, 0.25) is 0 Å². The van der Waals surface area contributed by atoms with E-state index in [0.29, 0.717) is 12.4 Å². The smallest absolute Gasteiger partial charge is 0.205 e. The van der Waals surface area contributed by atoms with Crippen LogP contribution in [0.25, 0.3) is 44.9 Å². The summed E-state index contributed by atoms with van der Waals surface area (Å²) in [4.78, 5) is 9.69. The molecular weight excluding hydrogens is 464 g/mol. The number of fused-ring (bicyclic) bond motifs is 1. The van der Waals surface area contributed by atoms with Crippen LogP contribution < -0.4 is 0 Å². The fourth-order valence-electron chi connectivity index (χ4n) is 4.75. The van der Waals surface area contributed by atoms with E-state index in [1.54, 1.807) is 4.68 Å². The number of aromatic amines is 1. The Hall–Kier alpha value is -4.73. The Bertz CT molecular complexity index is 1710. The van der Waals surface area contributed by atoms with Gasteiger partial charge in [-0.15, -0.1) is 15.3 Å². The fraction of sp³-hybridized carbons (Fsp3) is 0.222. The van der Waals surface area contributed by atoms with Crippen molar-refractivity contribution in [3.63, 3.8) is 0 Å². The molecule has 0 radical (unpaired) electrons. The number of aromatic nitrogens is 10. The minimum absolute atomic E-state index is 0.541. The molecule has 0 bridgehead atoms. The molecule has 10 nitrogen and oxygen atoms in total. The zero-order valence-electron chi connectivity index (χ0n) is 21.1. The molecule has 0 aliphatic carbocycles. The molecule has 184 valence electrons. The van der Waals surface area contributed by atoms with Gasteiger partial charge in [-0.25, -0.2) is 9.97 Å². The zero-order valence-corrected chi connectivity index (χ0v) is 21.1. The van der Waals surface area contributed by atoms with Gasteiger partial charge < -0.3 is 4.57 Å². The topological polar surface area (TPSA) is 116 Å². The minimum Gasteiger partial charge on any atom is -0.308 e. The molecule has 6 rings (SSSR count). The summed E-state index contributed by atoms with van der Waals surface area (Å²) in [6, 6.07) is 16.7. The lowest BCUT2D eigenvalue weighted by Crippen LogP contribution is -2.05. The van der Waals surface area contributed by atoms with Gasteiger partial charge >= 0.3 is 0 Å². The zero-order chi connectivity index (χ0) is 25.5. The van der Waals surface area contributed by atoms with Gasteiger partial charge in [-0.3, -0.25) is 4.68 Å². The maximum Gasteiger partial charge on any atom is 0.205 e. The summed E-state index contributed by atoms with van der Waals surface area (Å²) in [7, 11) is 1.86. The number of pyridine rings is 1. The van der Waals surface area contributed by atoms with Crippen LogP contribution in [-0.4, -0.2) is 50.2 Å². The number of hydrogen-bond donors (Lipinski definition) is 1. The van der Waals surface area contributed by atoms with Crippen molar-refractivity contribution >= 4 is 11.2 Å². The standard InChI is InChI=1S/C27H26N10/c1-5-24-29-25-16(2)12-17(3)28-27(25)37(24)14-18-6-8-19(9-7-18)22-13-20(23-15-36(4)35-30-23)10-11-21(22)26-31-33-34-32-26/h6-13,15H,5,14H2,1-4H3,(H,31,32,33,34). The van der Waals surface area contributed by atoms with E-state index >= 15 is 0 Å². The number of H-pyrrole nitrogens is 1. The van der Waals surface area contributed by atoms with E-state index in [0.717, 1.165) is 62.6 Å². The number of imidazole rings is 1. The summed E-state index contributed by atoms with van der Waals surface area (Å²) in [5, 5.41) is 23.1. The first-order valence-electron chi connectivity index (χ1n) is 12.2. The molecule has 10 heteroatoms. The molecule has 4 heterocycles. The Kier molecular flexibility index (Phi) is 5.56. The molecule has 0 saturated heterocycles. The molecule has 0 spiro atoms. The molecule has 0 fully saturated rings. The Balaban J connectivity index is 1.39. The Morgan fingerprint density at radius 2 is 1.70 bits per heavy atom. The number of rotatable bonds is 6. The first-order valence-corrected chi connectivity index (χ1v) is 12.2. The second-order valence-electron chi connectivity index (χ2n) is 9.19. The van der Waals surface area contributed by atoms with Gasteiger partial charge in [0.2, 0.25) is 5.82 Å². The average Bonchev–Trinajstić information content (AvgIpc) is 3.65. The van der Waals surface area contributed by atoms with Crippen molar-refractivity contribution in [2.45, 2.75) is 33.7 Å². The Morgan fingerprint density at radius 3 is 2.41 bits per heavy atom. The summed E-state index contributed by atoms with van der Waals surface area (Å²) in [5.74, 6) is 1.58. The highest BCUT2D eigenvalue weighted by Crippen LogP contribution is 2.34. The lowest BCUT2D eigenvalue weighted by molar-refractivity contribution is 0.715. The van der Waals surface area contributed by atoms with E-state index in [2.05, 4.69) is 85.7 Å². The normalized spacial score (nSPS) is 11.5. The third kappa shape index (κ3) is 4.16. The minimum atomic E-state index is 0.541. The lowest BCUT2D eigenvalue weighted by atomic mass is 9.95. The Morgan fingerprint density at radius 1 is 0.892 bits per heavy atom. The van der Waals surface area contributed by atoms with Crippen molar-refractivity contribution in [1.29, 1.82) is 0 Å². The molecule has 6 aromatic rings. The first-order chi connectivity index (χ1) is 18.0. The summed E-state index contributed by atoms with van der Waals surface area (Å²) < 4.78 is 3.92. The fourth-order valence-corrected chi connectivity index (χ4v) is 4.75. The van der Waals surface area contributed by atoms with Gasteiger partial charge in [-0.05, 0) is 59.5 Å². The van der Waals surface area contributed by atoms with Gasteiger partial charge in [0.1, 0.15) is 17.0 Å². The highest BCUT2D eigenvalue weighted by atomic mass is 15.5. The molecule has 0 saturated carbocycles. The molecule has 0 aliphatic heterocycles. The van der Waals surface area contributed by atoms with E-state index in [9.17, 15) is 0 Å². The molecule has 37 heavy (non-hydrogen) atoms. The van der Waals surface area contributed by atoms with E-state index in [-0.39, 0.29) is 0 Å². The summed E-state index contributed by atoms with van der Waals surface area (Å²) >= 11 is 0. The molecule has 4 aromatic heterocycles. The number of tetrazole rings is 1. The quantitative estimate of drug-likeness (QED) is 0.370. The van der Waals surface area contributed by atoms with Crippen molar-refractivity contribution in [2.24, 2.45) is 7.05 Å². The van der Waals surface area contributed by atoms with Crippen LogP contribution in [0.3, 0.4) is 0 Å². The van der Waals surface area contributed by atoms with Crippen LogP contribution in [0.4, 0.5) is 0 Å². The maximum atomic E-state index is 4.88. The molecule has 0 aliphatic rings. The SMILES string of the molecule is CCc1nc2c(C)cc(C)nc2n1Cc1ccc(-c2cc(-c3cn(C)nn3)ccc2-c2nn[nH]n2)cc1. The van der Waals surface area contributed by atoms with Crippen molar-refractivity contribution in [3.8, 4) is 33.8 Å². The largest absolute Gasteiger partial charge is 0.308 e. The number of hydrogen-bond acceptors (Lipinski definition) is 7. The Labute approximate surface area is 213 Å². The van der Waals surface area contributed by atoms with E-state index in [4.69, 9.17) is 9.97 Å². The second-order valence-corrected chi connectivity index (χ2v) is 9.19. The lowest BCUT2D eigenvalue weighted by Gasteiger charge is -2.12. The number of aryl methyl sites for hydroxylation is 4.